The predicted molar refractivity (Wildman–Crippen MR) is 85.3 cm³/mol. The van der Waals surface area contributed by atoms with E-state index in [0.29, 0.717) is 27.1 Å². The summed E-state index contributed by atoms with van der Waals surface area (Å²) in [7, 11) is 0. The van der Waals surface area contributed by atoms with Crippen LogP contribution in [0, 0.1) is 13.8 Å². The van der Waals surface area contributed by atoms with Crippen LogP contribution in [-0.2, 0) is 0 Å². The van der Waals surface area contributed by atoms with Crippen LogP contribution < -0.4 is 4.74 Å². The molecule has 0 unspecified atom stereocenters. The number of aryl methyl sites for hydroxylation is 1. The Kier molecular flexibility index (Phi) is 3.52. The van der Waals surface area contributed by atoms with Crippen molar-refractivity contribution in [2.45, 2.75) is 13.8 Å². The Balaban J connectivity index is 2.04. The predicted octanol–water partition coefficient (Wildman–Crippen LogP) is 5.23. The van der Waals surface area contributed by atoms with Crippen LogP contribution in [0.4, 0.5) is 0 Å². The minimum absolute atomic E-state index is 0.139. The van der Waals surface area contributed by atoms with Gasteiger partial charge in [-0.15, -0.1) is 0 Å². The highest BCUT2D eigenvalue weighted by molar-refractivity contribution is 6.33. The lowest BCUT2D eigenvalue weighted by atomic mass is 10.0. The molecule has 0 saturated carbocycles. The first kappa shape index (κ1) is 14.2. The molecule has 0 N–H and O–H groups in total. The average molecular weight is 319 g/mol. The molecule has 2 aromatic rings. The zero-order valence-corrected chi connectivity index (χ0v) is 13.0. The molecule has 1 heterocycles. The summed E-state index contributed by atoms with van der Waals surface area (Å²) in [5.74, 6) is 0.732. The number of ketones is 1. The molecule has 0 amide bonds. The van der Waals surface area contributed by atoms with Gasteiger partial charge in [-0.1, -0.05) is 35.3 Å². The van der Waals surface area contributed by atoms with Crippen LogP contribution in [0.5, 0.6) is 5.75 Å². The monoisotopic (exact) mass is 318 g/mol. The molecule has 0 atom stereocenters. The van der Waals surface area contributed by atoms with Crippen LogP contribution in [0.3, 0.4) is 0 Å². The van der Waals surface area contributed by atoms with E-state index in [2.05, 4.69) is 0 Å². The maximum atomic E-state index is 12.5. The third-order valence-corrected chi connectivity index (χ3v) is 4.32. The van der Waals surface area contributed by atoms with Gasteiger partial charge in [0.25, 0.3) is 0 Å². The molecule has 1 aliphatic heterocycles. The summed E-state index contributed by atoms with van der Waals surface area (Å²) < 4.78 is 5.69. The van der Waals surface area contributed by atoms with E-state index in [-0.39, 0.29) is 5.78 Å². The van der Waals surface area contributed by atoms with Crippen molar-refractivity contribution < 1.29 is 9.53 Å². The van der Waals surface area contributed by atoms with E-state index in [0.717, 1.165) is 16.7 Å². The second-order valence-corrected chi connectivity index (χ2v) is 5.81. The first-order chi connectivity index (χ1) is 9.97. The van der Waals surface area contributed by atoms with E-state index in [1.807, 2.05) is 26.0 Å². The van der Waals surface area contributed by atoms with Crippen molar-refractivity contribution in [3.05, 3.63) is 68.4 Å². The third-order valence-electron chi connectivity index (χ3n) is 3.48. The summed E-state index contributed by atoms with van der Waals surface area (Å²) in [6, 6.07) is 9.00. The molecule has 0 aliphatic carbocycles. The molecule has 0 fully saturated rings. The highest BCUT2D eigenvalue weighted by Gasteiger charge is 2.30. The molecule has 0 bridgehead atoms. The van der Waals surface area contributed by atoms with Gasteiger partial charge >= 0.3 is 0 Å². The summed E-state index contributed by atoms with van der Waals surface area (Å²) in [6.45, 7) is 3.73. The summed E-state index contributed by atoms with van der Waals surface area (Å²) in [5.41, 5.74) is 3.06. The summed E-state index contributed by atoms with van der Waals surface area (Å²) in [4.78, 5) is 12.5. The molecule has 2 nitrogen and oxygen atoms in total. The van der Waals surface area contributed by atoms with Gasteiger partial charge in [-0.3, -0.25) is 4.79 Å². The lowest BCUT2D eigenvalue weighted by Gasteiger charge is -2.05. The molecular formula is C17H12Cl2O2. The fourth-order valence-corrected chi connectivity index (χ4v) is 2.65. The van der Waals surface area contributed by atoms with E-state index in [9.17, 15) is 4.79 Å². The number of fused-ring (bicyclic) bond motifs is 1. The Bertz CT molecular complexity index is 774. The van der Waals surface area contributed by atoms with Crippen LogP contribution in [0.25, 0.3) is 6.08 Å². The number of carbonyl (C=O) groups is 1. The van der Waals surface area contributed by atoms with E-state index in [1.165, 1.54) is 0 Å². The molecule has 4 heteroatoms. The molecular weight excluding hydrogens is 307 g/mol. The second-order valence-electron chi connectivity index (χ2n) is 5.00. The summed E-state index contributed by atoms with van der Waals surface area (Å²) >= 11 is 12.1. The van der Waals surface area contributed by atoms with Crippen LogP contribution >= 0.6 is 23.2 Å². The molecule has 0 radical (unpaired) electrons. The number of benzene rings is 2. The van der Waals surface area contributed by atoms with Gasteiger partial charge in [0.1, 0.15) is 5.75 Å². The van der Waals surface area contributed by atoms with Gasteiger partial charge in [-0.25, -0.2) is 0 Å². The van der Waals surface area contributed by atoms with Crippen molar-refractivity contribution in [2.24, 2.45) is 0 Å². The summed E-state index contributed by atoms with van der Waals surface area (Å²) in [6.07, 6.45) is 1.71. The molecule has 0 spiro atoms. The molecule has 2 aromatic carbocycles. The highest BCUT2D eigenvalue weighted by atomic mass is 35.5. The van der Waals surface area contributed by atoms with Gasteiger partial charge in [0.2, 0.25) is 5.78 Å². The number of hydrogen-bond acceptors (Lipinski definition) is 2. The minimum Gasteiger partial charge on any atom is -0.452 e. The Morgan fingerprint density at radius 1 is 1.10 bits per heavy atom. The van der Waals surface area contributed by atoms with Gasteiger partial charge in [-0.2, -0.15) is 0 Å². The Labute approximate surface area is 132 Å². The standard InChI is InChI=1S/C17H12Cl2O2/c1-9-7-13-15(10(2)16(9)19)17(20)14(21-13)8-11-3-5-12(18)6-4-11/h3-8H,1-2H3/b14-8-. The Morgan fingerprint density at radius 3 is 2.43 bits per heavy atom. The lowest BCUT2D eigenvalue weighted by Crippen LogP contribution is -2.00. The molecule has 3 rings (SSSR count). The smallest absolute Gasteiger partial charge is 0.232 e. The number of rotatable bonds is 1. The zero-order chi connectivity index (χ0) is 15.1. The van der Waals surface area contributed by atoms with E-state index in [4.69, 9.17) is 27.9 Å². The Hall–Kier alpha value is -1.77. The van der Waals surface area contributed by atoms with Crippen molar-refractivity contribution in [2.75, 3.05) is 0 Å². The van der Waals surface area contributed by atoms with Crippen molar-refractivity contribution in [3.8, 4) is 5.75 Å². The van der Waals surface area contributed by atoms with Crippen LogP contribution in [0.15, 0.2) is 36.1 Å². The maximum absolute atomic E-state index is 12.5. The Morgan fingerprint density at radius 2 is 1.76 bits per heavy atom. The largest absolute Gasteiger partial charge is 0.452 e. The number of allylic oxidation sites excluding steroid dienone is 1. The van der Waals surface area contributed by atoms with Crippen molar-refractivity contribution in [3.63, 3.8) is 0 Å². The van der Waals surface area contributed by atoms with Crippen molar-refractivity contribution >= 4 is 35.1 Å². The van der Waals surface area contributed by atoms with Gasteiger partial charge < -0.3 is 4.74 Å². The molecule has 0 aromatic heterocycles. The number of halogens is 2. The average Bonchev–Trinajstić information content (AvgIpc) is 2.75. The van der Waals surface area contributed by atoms with Crippen molar-refractivity contribution in [1.82, 2.24) is 0 Å². The number of Topliss-reactive ketones (excluding diaryl/α,β-unsaturated/α-hetero) is 1. The zero-order valence-electron chi connectivity index (χ0n) is 11.5. The number of carbonyl (C=O) groups excluding carboxylic acids is 1. The topological polar surface area (TPSA) is 26.3 Å². The quantitative estimate of drug-likeness (QED) is 0.673. The maximum Gasteiger partial charge on any atom is 0.232 e. The van der Waals surface area contributed by atoms with Gasteiger partial charge in [0.05, 0.1) is 5.56 Å². The molecule has 106 valence electrons. The van der Waals surface area contributed by atoms with Gasteiger partial charge in [-0.05, 0) is 54.8 Å². The van der Waals surface area contributed by atoms with Crippen LogP contribution in [0.2, 0.25) is 10.0 Å². The van der Waals surface area contributed by atoms with Crippen molar-refractivity contribution in [1.29, 1.82) is 0 Å². The first-order valence-electron chi connectivity index (χ1n) is 6.47. The number of hydrogen-bond donors (Lipinski definition) is 0. The van der Waals surface area contributed by atoms with Gasteiger partial charge in [0, 0.05) is 10.0 Å². The fraction of sp³-hybridized carbons (Fsp3) is 0.118. The first-order valence-corrected chi connectivity index (χ1v) is 7.22. The highest BCUT2D eigenvalue weighted by Crippen LogP contribution is 2.39. The fourth-order valence-electron chi connectivity index (χ4n) is 2.38. The van der Waals surface area contributed by atoms with Crippen LogP contribution in [0.1, 0.15) is 27.0 Å². The molecule has 21 heavy (non-hydrogen) atoms. The molecule has 1 aliphatic rings. The lowest BCUT2D eigenvalue weighted by molar-refractivity contribution is 0.101. The third kappa shape index (κ3) is 2.45. The van der Waals surface area contributed by atoms with E-state index < -0.39 is 0 Å². The summed E-state index contributed by atoms with van der Waals surface area (Å²) in [5, 5.41) is 1.26. The minimum atomic E-state index is -0.139. The second kappa shape index (κ2) is 5.21. The molecule has 0 saturated heterocycles. The van der Waals surface area contributed by atoms with E-state index >= 15 is 0 Å². The van der Waals surface area contributed by atoms with E-state index in [1.54, 1.807) is 24.3 Å². The van der Waals surface area contributed by atoms with Gasteiger partial charge in [0.15, 0.2) is 5.76 Å². The van der Waals surface area contributed by atoms with Crippen LogP contribution in [-0.4, -0.2) is 5.78 Å². The number of ether oxygens (including phenoxy) is 1. The SMILES string of the molecule is Cc1cc2c(c(C)c1Cl)C(=O)/C(=C/c1ccc(Cl)cc1)O2. The normalized spacial score (nSPS) is 15.2.